The van der Waals surface area contributed by atoms with Crippen molar-refractivity contribution < 1.29 is 4.79 Å². The van der Waals surface area contributed by atoms with Gasteiger partial charge in [-0.1, -0.05) is 30.3 Å². The Labute approximate surface area is 82.6 Å². The zero-order valence-corrected chi connectivity index (χ0v) is 7.88. The van der Waals surface area contributed by atoms with Crippen molar-refractivity contribution in [3.63, 3.8) is 0 Å². The predicted octanol–water partition coefficient (Wildman–Crippen LogP) is 2.91. The van der Waals surface area contributed by atoms with Crippen LogP contribution in [0.15, 0.2) is 30.3 Å². The van der Waals surface area contributed by atoms with Crippen molar-refractivity contribution in [1.82, 2.24) is 0 Å². The molecular formula is C7H7Cl3O. The van der Waals surface area contributed by atoms with Crippen LogP contribution in [0.4, 0.5) is 0 Å². The molecule has 1 aromatic rings. The highest BCUT2D eigenvalue weighted by molar-refractivity contribution is 6.67. The van der Waals surface area contributed by atoms with Crippen LogP contribution in [0.1, 0.15) is 10.4 Å². The SMILES string of the molecule is Cl.Cl.O=C(Cl)c1ccccc1. The smallest absolute Gasteiger partial charge is 0.252 e. The number of hydrogen-bond donors (Lipinski definition) is 0. The fourth-order valence-corrected chi connectivity index (χ4v) is 0.695. The third kappa shape index (κ3) is 4.25. The molecule has 0 saturated heterocycles. The molecule has 0 unspecified atom stereocenters. The van der Waals surface area contributed by atoms with E-state index in [1.165, 1.54) is 0 Å². The van der Waals surface area contributed by atoms with Crippen LogP contribution in [0, 0.1) is 0 Å². The first-order valence-corrected chi connectivity index (χ1v) is 2.93. The molecule has 0 aromatic heterocycles. The van der Waals surface area contributed by atoms with E-state index >= 15 is 0 Å². The lowest BCUT2D eigenvalue weighted by atomic mass is 10.2. The van der Waals surface area contributed by atoms with E-state index in [1.54, 1.807) is 24.3 Å². The Morgan fingerprint density at radius 3 is 1.82 bits per heavy atom. The number of benzene rings is 1. The number of hydrogen-bond acceptors (Lipinski definition) is 1. The zero-order chi connectivity index (χ0) is 6.69. The maximum atomic E-state index is 10.4. The first-order valence-electron chi connectivity index (χ1n) is 2.55. The van der Waals surface area contributed by atoms with E-state index in [9.17, 15) is 4.79 Å². The van der Waals surface area contributed by atoms with Crippen LogP contribution in [-0.4, -0.2) is 5.24 Å². The molecular weight excluding hydrogens is 206 g/mol. The molecule has 11 heavy (non-hydrogen) atoms. The minimum atomic E-state index is -0.407. The molecule has 1 rings (SSSR count). The van der Waals surface area contributed by atoms with Crippen molar-refractivity contribution in [2.24, 2.45) is 0 Å². The zero-order valence-electron chi connectivity index (χ0n) is 5.49. The highest BCUT2D eigenvalue weighted by Gasteiger charge is 1.95. The molecule has 0 heterocycles. The van der Waals surface area contributed by atoms with Crippen LogP contribution in [-0.2, 0) is 0 Å². The van der Waals surface area contributed by atoms with Crippen LogP contribution in [0.5, 0.6) is 0 Å². The topological polar surface area (TPSA) is 17.1 Å². The highest BCUT2D eigenvalue weighted by Crippen LogP contribution is 2.01. The molecule has 0 aliphatic heterocycles. The van der Waals surface area contributed by atoms with Gasteiger partial charge < -0.3 is 0 Å². The highest BCUT2D eigenvalue weighted by atomic mass is 35.5. The quantitative estimate of drug-likeness (QED) is 0.656. The molecule has 0 amide bonds. The second-order valence-corrected chi connectivity index (χ2v) is 1.98. The van der Waals surface area contributed by atoms with Gasteiger partial charge in [0, 0.05) is 5.56 Å². The van der Waals surface area contributed by atoms with E-state index in [-0.39, 0.29) is 24.8 Å². The fourth-order valence-electron chi connectivity index (χ4n) is 0.569. The average molecular weight is 213 g/mol. The summed E-state index contributed by atoms with van der Waals surface area (Å²) in [6.07, 6.45) is 0. The first kappa shape index (κ1) is 13.4. The summed E-state index contributed by atoms with van der Waals surface area (Å²) < 4.78 is 0. The molecule has 0 atom stereocenters. The summed E-state index contributed by atoms with van der Waals surface area (Å²) >= 11 is 5.16. The normalized spacial score (nSPS) is 7.36. The summed E-state index contributed by atoms with van der Waals surface area (Å²) in [6, 6.07) is 8.74. The summed E-state index contributed by atoms with van der Waals surface area (Å²) in [5.41, 5.74) is 0.541. The average Bonchev–Trinajstić information content (AvgIpc) is 1.90. The third-order valence-electron chi connectivity index (χ3n) is 1.00. The van der Waals surface area contributed by atoms with Crippen LogP contribution in [0.3, 0.4) is 0 Å². The summed E-state index contributed by atoms with van der Waals surface area (Å²) in [4.78, 5) is 10.4. The van der Waals surface area contributed by atoms with Gasteiger partial charge in [-0.2, -0.15) is 0 Å². The molecule has 1 nitrogen and oxygen atoms in total. The van der Waals surface area contributed by atoms with Crippen LogP contribution < -0.4 is 0 Å². The predicted molar refractivity (Wildman–Crippen MR) is 51.1 cm³/mol. The number of rotatable bonds is 1. The summed E-state index contributed by atoms with van der Waals surface area (Å²) in [5, 5.41) is -0.407. The van der Waals surface area contributed by atoms with Gasteiger partial charge >= 0.3 is 0 Å². The van der Waals surface area contributed by atoms with Crippen molar-refractivity contribution >= 4 is 41.7 Å². The van der Waals surface area contributed by atoms with Crippen molar-refractivity contribution in [2.75, 3.05) is 0 Å². The van der Waals surface area contributed by atoms with Crippen molar-refractivity contribution in [1.29, 1.82) is 0 Å². The first-order chi connectivity index (χ1) is 4.30. The van der Waals surface area contributed by atoms with Gasteiger partial charge in [0.25, 0.3) is 5.24 Å². The van der Waals surface area contributed by atoms with Gasteiger partial charge in [0.2, 0.25) is 0 Å². The molecule has 0 aliphatic carbocycles. The Balaban J connectivity index is 0. The maximum absolute atomic E-state index is 10.4. The van der Waals surface area contributed by atoms with Crippen molar-refractivity contribution in [2.45, 2.75) is 0 Å². The molecule has 1 aromatic carbocycles. The third-order valence-corrected chi connectivity index (χ3v) is 1.22. The molecule has 4 heteroatoms. The molecule has 0 spiro atoms. The second-order valence-electron chi connectivity index (χ2n) is 1.64. The Kier molecular flexibility index (Phi) is 7.85. The minimum absolute atomic E-state index is 0. The molecule has 0 bridgehead atoms. The second kappa shape index (κ2) is 6.47. The van der Waals surface area contributed by atoms with Crippen LogP contribution in [0.2, 0.25) is 0 Å². The van der Waals surface area contributed by atoms with Gasteiger partial charge in [0.05, 0.1) is 0 Å². The van der Waals surface area contributed by atoms with Crippen LogP contribution >= 0.6 is 36.4 Å². The summed E-state index contributed by atoms with van der Waals surface area (Å²) in [7, 11) is 0. The van der Waals surface area contributed by atoms with Crippen molar-refractivity contribution in [3.05, 3.63) is 35.9 Å². The Morgan fingerprint density at radius 2 is 1.55 bits per heavy atom. The van der Waals surface area contributed by atoms with Gasteiger partial charge in [0.1, 0.15) is 0 Å². The van der Waals surface area contributed by atoms with E-state index in [0.29, 0.717) is 5.56 Å². The lowest BCUT2D eigenvalue weighted by Crippen LogP contribution is -1.84. The molecule has 0 radical (unpaired) electrons. The Hall–Kier alpha value is -0.240. The fraction of sp³-hybridized carbons (Fsp3) is 0. The molecule has 62 valence electrons. The van der Waals surface area contributed by atoms with Gasteiger partial charge in [0.15, 0.2) is 0 Å². The maximum Gasteiger partial charge on any atom is 0.252 e. The largest absolute Gasteiger partial charge is 0.276 e. The van der Waals surface area contributed by atoms with Gasteiger partial charge in [-0.15, -0.1) is 24.8 Å². The minimum Gasteiger partial charge on any atom is -0.276 e. The number of halogens is 3. The summed E-state index contributed by atoms with van der Waals surface area (Å²) in [6.45, 7) is 0. The lowest BCUT2D eigenvalue weighted by molar-refractivity contribution is 0.108. The van der Waals surface area contributed by atoms with Gasteiger partial charge in [-0.25, -0.2) is 0 Å². The Bertz CT molecular complexity index is 210. The molecule has 0 aliphatic rings. The van der Waals surface area contributed by atoms with Crippen LogP contribution in [0.25, 0.3) is 0 Å². The van der Waals surface area contributed by atoms with E-state index in [0.717, 1.165) is 0 Å². The van der Waals surface area contributed by atoms with E-state index in [4.69, 9.17) is 11.6 Å². The standard InChI is InChI=1S/C7H5ClO.2ClH/c8-7(9)6-4-2-1-3-5-6;;/h1-5H;2*1H. The van der Waals surface area contributed by atoms with E-state index in [1.807, 2.05) is 6.07 Å². The molecule has 0 fully saturated rings. The monoisotopic (exact) mass is 212 g/mol. The lowest BCUT2D eigenvalue weighted by Gasteiger charge is -1.87. The van der Waals surface area contributed by atoms with Gasteiger partial charge in [-0.3, -0.25) is 4.79 Å². The molecule has 0 saturated carbocycles. The number of carbonyl (C=O) groups excluding carboxylic acids is 1. The van der Waals surface area contributed by atoms with E-state index < -0.39 is 5.24 Å². The van der Waals surface area contributed by atoms with Crippen molar-refractivity contribution in [3.8, 4) is 0 Å². The number of carbonyl (C=O) groups is 1. The summed E-state index contributed by atoms with van der Waals surface area (Å²) in [5.74, 6) is 0. The van der Waals surface area contributed by atoms with Gasteiger partial charge in [-0.05, 0) is 11.6 Å². The molecule has 0 N–H and O–H groups in total. The Morgan fingerprint density at radius 1 is 1.09 bits per heavy atom. The van der Waals surface area contributed by atoms with E-state index in [2.05, 4.69) is 0 Å².